The summed E-state index contributed by atoms with van der Waals surface area (Å²) in [5.74, 6) is -0.0226. The minimum absolute atomic E-state index is 0.127. The number of ether oxygens (including phenoxy) is 1. The van der Waals surface area contributed by atoms with Gasteiger partial charge in [-0.25, -0.2) is 9.37 Å². The highest BCUT2D eigenvalue weighted by atomic mass is 35.5. The standard InChI is InChI=1S/C17H19ClFN3O2S/c1-10(24-14-3-2-12(19)8-13(14)18)16(23)22-17-21-9-15(25-17)11-4-6-20-7-5-11/h2-3,8-11,20H,4-7H2,1H3,(H,21,22,23). The Bertz CT molecular complexity index is 749. The number of piperidine rings is 1. The summed E-state index contributed by atoms with van der Waals surface area (Å²) >= 11 is 7.41. The summed E-state index contributed by atoms with van der Waals surface area (Å²) in [7, 11) is 0. The molecule has 8 heteroatoms. The third-order valence-corrected chi connectivity index (χ3v) is 5.43. The molecule has 1 aliphatic rings. The Kier molecular flexibility index (Phi) is 5.88. The number of nitrogens with one attached hydrogen (secondary N) is 2. The van der Waals surface area contributed by atoms with Crippen LogP contribution in [0, 0.1) is 5.82 Å². The lowest BCUT2D eigenvalue weighted by molar-refractivity contribution is -0.122. The van der Waals surface area contributed by atoms with Crippen LogP contribution in [0.1, 0.15) is 30.6 Å². The zero-order chi connectivity index (χ0) is 17.8. The third-order valence-electron chi connectivity index (χ3n) is 4.06. The molecule has 3 rings (SSSR count). The van der Waals surface area contributed by atoms with Crippen LogP contribution >= 0.6 is 22.9 Å². The lowest BCUT2D eigenvalue weighted by Gasteiger charge is -2.20. The van der Waals surface area contributed by atoms with Gasteiger partial charge in [-0.2, -0.15) is 0 Å². The highest BCUT2D eigenvalue weighted by Crippen LogP contribution is 2.32. The van der Waals surface area contributed by atoms with Crippen LogP contribution in [0.25, 0.3) is 0 Å². The van der Waals surface area contributed by atoms with Crippen molar-refractivity contribution < 1.29 is 13.9 Å². The second kappa shape index (κ2) is 8.12. The maximum atomic E-state index is 13.1. The van der Waals surface area contributed by atoms with Crippen molar-refractivity contribution in [3.8, 4) is 5.75 Å². The van der Waals surface area contributed by atoms with Gasteiger partial charge in [-0.3, -0.25) is 10.1 Å². The minimum Gasteiger partial charge on any atom is -0.479 e. The largest absolute Gasteiger partial charge is 0.479 e. The first-order chi connectivity index (χ1) is 12.0. The fourth-order valence-electron chi connectivity index (χ4n) is 2.66. The van der Waals surface area contributed by atoms with Crippen LogP contribution in [-0.4, -0.2) is 30.1 Å². The summed E-state index contributed by atoms with van der Waals surface area (Å²) in [5, 5.41) is 6.78. The molecule has 134 valence electrons. The maximum absolute atomic E-state index is 13.1. The predicted molar refractivity (Wildman–Crippen MR) is 97.1 cm³/mol. The van der Waals surface area contributed by atoms with Crippen LogP contribution in [-0.2, 0) is 4.79 Å². The lowest BCUT2D eigenvalue weighted by Crippen LogP contribution is -2.30. The van der Waals surface area contributed by atoms with E-state index in [1.165, 1.54) is 28.3 Å². The molecule has 0 aliphatic carbocycles. The molecule has 2 heterocycles. The van der Waals surface area contributed by atoms with E-state index in [4.69, 9.17) is 16.3 Å². The Morgan fingerprint density at radius 2 is 2.24 bits per heavy atom. The van der Waals surface area contributed by atoms with Crippen molar-refractivity contribution in [2.45, 2.75) is 31.8 Å². The summed E-state index contributed by atoms with van der Waals surface area (Å²) in [6.07, 6.45) is 3.21. The van der Waals surface area contributed by atoms with Crippen LogP contribution in [0.2, 0.25) is 5.02 Å². The molecule has 0 bridgehead atoms. The van der Waals surface area contributed by atoms with Gasteiger partial charge in [-0.15, -0.1) is 11.3 Å². The summed E-state index contributed by atoms with van der Waals surface area (Å²) < 4.78 is 18.6. The summed E-state index contributed by atoms with van der Waals surface area (Å²) in [6.45, 7) is 3.62. The predicted octanol–water partition coefficient (Wildman–Crippen LogP) is 3.81. The zero-order valence-electron chi connectivity index (χ0n) is 13.7. The van der Waals surface area contributed by atoms with Gasteiger partial charge in [0.05, 0.1) is 5.02 Å². The number of rotatable bonds is 5. The first-order valence-corrected chi connectivity index (χ1v) is 9.31. The molecule has 1 aromatic heterocycles. The summed E-state index contributed by atoms with van der Waals surface area (Å²) in [6, 6.07) is 3.78. The van der Waals surface area contributed by atoms with E-state index in [1.807, 2.05) is 6.20 Å². The fourth-order valence-corrected chi connectivity index (χ4v) is 3.86. The number of thiazole rings is 1. The molecule has 1 fully saturated rings. The molecule has 1 amide bonds. The molecule has 1 aliphatic heterocycles. The second-order valence-electron chi connectivity index (χ2n) is 5.92. The van der Waals surface area contributed by atoms with Gasteiger partial charge in [0.1, 0.15) is 11.6 Å². The minimum atomic E-state index is -0.783. The molecule has 5 nitrogen and oxygen atoms in total. The quantitative estimate of drug-likeness (QED) is 0.824. The Labute approximate surface area is 154 Å². The Hall–Kier alpha value is -1.70. The summed E-state index contributed by atoms with van der Waals surface area (Å²) in [4.78, 5) is 17.8. The molecule has 1 unspecified atom stereocenters. The van der Waals surface area contributed by atoms with E-state index < -0.39 is 11.9 Å². The first-order valence-electron chi connectivity index (χ1n) is 8.12. The van der Waals surface area contributed by atoms with Crippen LogP contribution in [0.3, 0.4) is 0 Å². The number of carbonyl (C=O) groups is 1. The van der Waals surface area contributed by atoms with Crippen molar-refractivity contribution in [2.75, 3.05) is 18.4 Å². The number of amides is 1. The van der Waals surface area contributed by atoms with Gasteiger partial charge in [0.15, 0.2) is 11.2 Å². The molecule has 0 radical (unpaired) electrons. The van der Waals surface area contributed by atoms with E-state index >= 15 is 0 Å². The molecular weight excluding hydrogens is 365 g/mol. The first kappa shape index (κ1) is 18.1. The van der Waals surface area contributed by atoms with Gasteiger partial charge in [-0.05, 0) is 57.0 Å². The third kappa shape index (κ3) is 4.68. The molecule has 25 heavy (non-hydrogen) atoms. The van der Waals surface area contributed by atoms with Gasteiger partial charge in [-0.1, -0.05) is 11.6 Å². The fraction of sp³-hybridized carbons (Fsp3) is 0.412. The summed E-state index contributed by atoms with van der Waals surface area (Å²) in [5.41, 5.74) is 0. The number of anilines is 1. The van der Waals surface area contributed by atoms with Crippen LogP contribution < -0.4 is 15.4 Å². The normalized spacial score (nSPS) is 16.4. The molecule has 2 N–H and O–H groups in total. The van der Waals surface area contributed by atoms with Crippen molar-refractivity contribution in [1.82, 2.24) is 10.3 Å². The van der Waals surface area contributed by atoms with E-state index in [9.17, 15) is 9.18 Å². The van der Waals surface area contributed by atoms with E-state index in [-0.39, 0.29) is 16.7 Å². The van der Waals surface area contributed by atoms with E-state index in [2.05, 4.69) is 15.6 Å². The van der Waals surface area contributed by atoms with Gasteiger partial charge >= 0.3 is 0 Å². The molecule has 2 aromatic rings. The topological polar surface area (TPSA) is 63.2 Å². The molecule has 0 saturated carbocycles. The Balaban J connectivity index is 1.58. The van der Waals surface area contributed by atoms with Gasteiger partial charge in [0, 0.05) is 11.1 Å². The average Bonchev–Trinajstić information content (AvgIpc) is 3.06. The van der Waals surface area contributed by atoms with E-state index in [0.29, 0.717) is 11.0 Å². The second-order valence-corrected chi connectivity index (χ2v) is 7.39. The van der Waals surface area contributed by atoms with Gasteiger partial charge in [0.2, 0.25) is 0 Å². The average molecular weight is 384 g/mol. The number of carbonyl (C=O) groups excluding carboxylic acids is 1. The molecular formula is C17H19ClFN3O2S. The smallest absolute Gasteiger partial charge is 0.266 e. The number of hydrogen-bond acceptors (Lipinski definition) is 5. The maximum Gasteiger partial charge on any atom is 0.266 e. The van der Waals surface area contributed by atoms with Crippen molar-refractivity contribution in [2.24, 2.45) is 0 Å². The Morgan fingerprint density at radius 1 is 1.48 bits per heavy atom. The SMILES string of the molecule is CC(Oc1ccc(F)cc1Cl)C(=O)Nc1ncc(C2CCNCC2)s1. The monoisotopic (exact) mass is 383 g/mol. The highest BCUT2D eigenvalue weighted by Gasteiger charge is 2.21. The number of benzene rings is 1. The molecule has 0 spiro atoms. The Morgan fingerprint density at radius 3 is 2.96 bits per heavy atom. The van der Waals surface area contributed by atoms with Crippen molar-refractivity contribution in [1.29, 1.82) is 0 Å². The van der Waals surface area contributed by atoms with Crippen LogP contribution in [0.5, 0.6) is 5.75 Å². The molecule has 1 aromatic carbocycles. The highest BCUT2D eigenvalue weighted by molar-refractivity contribution is 7.15. The van der Waals surface area contributed by atoms with Gasteiger partial charge < -0.3 is 10.1 Å². The van der Waals surface area contributed by atoms with E-state index in [0.717, 1.165) is 32.0 Å². The van der Waals surface area contributed by atoms with E-state index in [1.54, 1.807) is 6.92 Å². The molecule has 1 atom stereocenters. The molecule has 1 saturated heterocycles. The number of nitrogens with zero attached hydrogens (tertiary/aromatic N) is 1. The lowest BCUT2D eigenvalue weighted by atomic mass is 9.97. The zero-order valence-corrected chi connectivity index (χ0v) is 15.3. The van der Waals surface area contributed by atoms with Crippen molar-refractivity contribution >= 4 is 34.0 Å². The van der Waals surface area contributed by atoms with Crippen LogP contribution in [0.15, 0.2) is 24.4 Å². The number of aromatic nitrogens is 1. The van der Waals surface area contributed by atoms with Crippen molar-refractivity contribution in [3.05, 3.63) is 40.1 Å². The van der Waals surface area contributed by atoms with Crippen LogP contribution in [0.4, 0.5) is 9.52 Å². The number of halogens is 2. The van der Waals surface area contributed by atoms with Crippen molar-refractivity contribution in [3.63, 3.8) is 0 Å². The van der Waals surface area contributed by atoms with Gasteiger partial charge in [0.25, 0.3) is 5.91 Å². The number of hydrogen-bond donors (Lipinski definition) is 2.